The van der Waals surface area contributed by atoms with E-state index in [1.54, 1.807) is 0 Å². The number of hydrogen-bond acceptors (Lipinski definition) is 6. The lowest BCUT2D eigenvalue weighted by Gasteiger charge is -2.08. The molecule has 0 unspecified atom stereocenters. The molecular formula is C12H10N2O6S2. The maximum atomic E-state index is 12.2. The molecule has 2 N–H and O–H groups in total. The van der Waals surface area contributed by atoms with E-state index in [2.05, 4.69) is 4.72 Å². The molecule has 1 aromatic heterocycles. The van der Waals surface area contributed by atoms with E-state index in [0.29, 0.717) is 5.56 Å². The Hall–Kier alpha value is -2.46. The SMILES string of the molecule is Cc1ccc(S(=O)(=O)Nc2sccc2C(=O)O)cc1[N+](=O)[O-]. The van der Waals surface area contributed by atoms with Gasteiger partial charge in [0.05, 0.1) is 15.4 Å². The number of benzene rings is 1. The van der Waals surface area contributed by atoms with Crippen molar-refractivity contribution in [1.29, 1.82) is 0 Å². The Bertz CT molecular complexity index is 856. The monoisotopic (exact) mass is 342 g/mol. The predicted octanol–water partition coefficient (Wildman–Crippen LogP) is 2.46. The molecule has 1 heterocycles. The van der Waals surface area contributed by atoms with Crippen LogP contribution in [0.3, 0.4) is 0 Å². The highest BCUT2D eigenvalue weighted by atomic mass is 32.2. The van der Waals surface area contributed by atoms with Crippen molar-refractivity contribution in [3.63, 3.8) is 0 Å². The number of carbonyl (C=O) groups is 1. The number of nitro benzene ring substituents is 1. The molecule has 0 amide bonds. The number of aryl methyl sites for hydroxylation is 1. The Morgan fingerprint density at radius 2 is 2.05 bits per heavy atom. The van der Waals surface area contributed by atoms with E-state index in [9.17, 15) is 23.3 Å². The van der Waals surface area contributed by atoms with Gasteiger partial charge in [-0.1, -0.05) is 6.07 Å². The molecule has 0 aliphatic carbocycles. The van der Waals surface area contributed by atoms with Crippen molar-refractivity contribution in [2.75, 3.05) is 4.72 Å². The van der Waals surface area contributed by atoms with Crippen LogP contribution >= 0.6 is 11.3 Å². The molecule has 2 aromatic rings. The van der Waals surface area contributed by atoms with E-state index in [4.69, 9.17) is 5.11 Å². The molecule has 0 spiro atoms. The van der Waals surface area contributed by atoms with Gasteiger partial charge in [0.2, 0.25) is 0 Å². The summed E-state index contributed by atoms with van der Waals surface area (Å²) in [6.45, 7) is 1.49. The Morgan fingerprint density at radius 3 is 2.64 bits per heavy atom. The Labute approximate surface area is 129 Å². The lowest BCUT2D eigenvalue weighted by molar-refractivity contribution is -0.385. The third kappa shape index (κ3) is 3.07. The second-order valence-electron chi connectivity index (χ2n) is 4.28. The third-order valence-electron chi connectivity index (χ3n) is 2.81. The number of thiophene rings is 1. The summed E-state index contributed by atoms with van der Waals surface area (Å²) in [6.07, 6.45) is 0. The molecular weight excluding hydrogens is 332 g/mol. The highest BCUT2D eigenvalue weighted by molar-refractivity contribution is 7.93. The van der Waals surface area contributed by atoms with Gasteiger partial charge < -0.3 is 5.11 Å². The molecule has 0 saturated heterocycles. The molecule has 0 aliphatic heterocycles. The number of nitrogens with zero attached hydrogens (tertiary/aromatic N) is 1. The van der Waals surface area contributed by atoms with Crippen LogP contribution in [0.15, 0.2) is 34.5 Å². The van der Waals surface area contributed by atoms with Crippen molar-refractivity contribution in [3.8, 4) is 0 Å². The van der Waals surface area contributed by atoms with Gasteiger partial charge in [0.15, 0.2) is 0 Å². The molecule has 2 rings (SSSR count). The minimum absolute atomic E-state index is 0.0595. The second kappa shape index (κ2) is 5.73. The first-order chi connectivity index (χ1) is 10.2. The van der Waals surface area contributed by atoms with Gasteiger partial charge in [-0.25, -0.2) is 13.2 Å². The number of carboxylic acids is 1. The van der Waals surface area contributed by atoms with Crippen LogP contribution < -0.4 is 4.72 Å². The summed E-state index contributed by atoms with van der Waals surface area (Å²) >= 11 is 0.908. The summed E-state index contributed by atoms with van der Waals surface area (Å²) in [5.41, 5.74) is -0.186. The topological polar surface area (TPSA) is 127 Å². The molecule has 0 bridgehead atoms. The maximum absolute atomic E-state index is 12.2. The fourth-order valence-electron chi connectivity index (χ4n) is 1.69. The van der Waals surface area contributed by atoms with E-state index >= 15 is 0 Å². The van der Waals surface area contributed by atoms with E-state index in [1.165, 1.54) is 30.5 Å². The van der Waals surface area contributed by atoms with Crippen molar-refractivity contribution in [2.45, 2.75) is 11.8 Å². The van der Waals surface area contributed by atoms with Gasteiger partial charge in [-0.2, -0.15) is 0 Å². The van der Waals surface area contributed by atoms with Crippen LogP contribution in [0.2, 0.25) is 0 Å². The standard InChI is InChI=1S/C12H10N2O6S2/c1-7-2-3-8(6-10(7)14(17)18)22(19,20)13-11-9(12(15)16)4-5-21-11/h2-6,13H,1H3,(H,15,16). The number of anilines is 1. The molecule has 0 saturated carbocycles. The normalized spacial score (nSPS) is 11.1. The minimum atomic E-state index is -4.12. The first kappa shape index (κ1) is 15.9. The summed E-state index contributed by atoms with van der Waals surface area (Å²) in [4.78, 5) is 20.9. The molecule has 8 nitrogen and oxygen atoms in total. The maximum Gasteiger partial charge on any atom is 0.338 e. The van der Waals surface area contributed by atoms with Crippen molar-refractivity contribution < 1.29 is 23.2 Å². The Balaban J connectivity index is 2.43. The number of hydrogen-bond donors (Lipinski definition) is 2. The number of nitrogens with one attached hydrogen (secondary N) is 1. The second-order valence-corrected chi connectivity index (χ2v) is 6.88. The van der Waals surface area contributed by atoms with Gasteiger partial charge in [-0.3, -0.25) is 14.8 Å². The van der Waals surface area contributed by atoms with Crippen LogP contribution in [-0.4, -0.2) is 24.4 Å². The fourth-order valence-corrected chi connectivity index (χ4v) is 3.82. The van der Waals surface area contributed by atoms with Gasteiger partial charge in [0.1, 0.15) is 5.00 Å². The molecule has 1 aromatic carbocycles. The largest absolute Gasteiger partial charge is 0.478 e. The van der Waals surface area contributed by atoms with Crippen molar-refractivity contribution >= 4 is 38.0 Å². The zero-order valence-electron chi connectivity index (χ0n) is 11.1. The average Bonchev–Trinajstić information content (AvgIpc) is 2.86. The third-order valence-corrected chi connectivity index (χ3v) is 5.12. The number of rotatable bonds is 5. The van der Waals surface area contributed by atoms with Crippen LogP contribution in [0.25, 0.3) is 0 Å². The highest BCUT2D eigenvalue weighted by Gasteiger charge is 2.22. The summed E-state index contributed by atoms with van der Waals surface area (Å²) in [5.74, 6) is -1.27. The number of carboxylic acid groups (broad SMARTS) is 1. The quantitative estimate of drug-likeness (QED) is 0.635. The van der Waals surface area contributed by atoms with Crippen LogP contribution in [0.5, 0.6) is 0 Å². The summed E-state index contributed by atoms with van der Waals surface area (Å²) in [6, 6.07) is 4.74. The number of nitro groups is 1. The summed E-state index contributed by atoms with van der Waals surface area (Å²) in [7, 11) is -4.12. The minimum Gasteiger partial charge on any atom is -0.478 e. The molecule has 10 heteroatoms. The fraction of sp³-hybridized carbons (Fsp3) is 0.0833. The van der Waals surface area contributed by atoms with Gasteiger partial charge in [-0.15, -0.1) is 11.3 Å². The smallest absolute Gasteiger partial charge is 0.338 e. The first-order valence-electron chi connectivity index (χ1n) is 5.81. The van der Waals surface area contributed by atoms with Crippen LogP contribution in [-0.2, 0) is 10.0 Å². The lowest BCUT2D eigenvalue weighted by atomic mass is 10.2. The van der Waals surface area contributed by atoms with E-state index in [-0.39, 0.29) is 21.1 Å². The van der Waals surface area contributed by atoms with Crippen molar-refractivity contribution in [3.05, 3.63) is 50.9 Å². The van der Waals surface area contributed by atoms with Gasteiger partial charge >= 0.3 is 5.97 Å². The van der Waals surface area contributed by atoms with Gasteiger partial charge in [0.25, 0.3) is 15.7 Å². The van der Waals surface area contributed by atoms with E-state index in [0.717, 1.165) is 17.4 Å². The van der Waals surface area contributed by atoms with Gasteiger partial charge in [0, 0.05) is 11.6 Å². The van der Waals surface area contributed by atoms with Gasteiger partial charge in [-0.05, 0) is 24.4 Å². The van der Waals surface area contributed by atoms with E-state index < -0.39 is 20.9 Å². The number of aromatic carboxylic acids is 1. The first-order valence-corrected chi connectivity index (χ1v) is 8.17. The summed E-state index contributed by atoms with van der Waals surface area (Å²) < 4.78 is 26.6. The molecule has 0 radical (unpaired) electrons. The Kier molecular flexibility index (Phi) is 4.15. The zero-order valence-corrected chi connectivity index (χ0v) is 12.8. The van der Waals surface area contributed by atoms with Crippen LogP contribution in [0.4, 0.5) is 10.7 Å². The van der Waals surface area contributed by atoms with Crippen molar-refractivity contribution in [1.82, 2.24) is 0 Å². The lowest BCUT2D eigenvalue weighted by Crippen LogP contribution is -2.14. The molecule has 0 aliphatic rings. The predicted molar refractivity (Wildman–Crippen MR) is 79.9 cm³/mol. The molecule has 22 heavy (non-hydrogen) atoms. The van der Waals surface area contributed by atoms with Crippen molar-refractivity contribution in [2.24, 2.45) is 0 Å². The van der Waals surface area contributed by atoms with E-state index in [1.807, 2.05) is 0 Å². The summed E-state index contributed by atoms with van der Waals surface area (Å²) in [5, 5.41) is 21.2. The molecule has 116 valence electrons. The molecule has 0 atom stereocenters. The molecule has 0 fully saturated rings. The number of sulfonamides is 1. The van der Waals surface area contributed by atoms with Crippen LogP contribution in [0, 0.1) is 17.0 Å². The highest BCUT2D eigenvalue weighted by Crippen LogP contribution is 2.28. The van der Waals surface area contributed by atoms with Crippen LogP contribution in [0.1, 0.15) is 15.9 Å². The zero-order chi connectivity index (χ0) is 16.5. The Morgan fingerprint density at radius 1 is 1.36 bits per heavy atom. The average molecular weight is 342 g/mol.